The number of halogens is 1. The zero-order valence-corrected chi connectivity index (χ0v) is 8.32. The third-order valence-corrected chi connectivity index (χ3v) is 2.41. The first-order valence-corrected chi connectivity index (χ1v) is 4.96. The molecule has 12 heavy (non-hydrogen) atoms. The lowest BCUT2D eigenvalue weighted by Crippen LogP contribution is -2.16. The summed E-state index contributed by atoms with van der Waals surface area (Å²) in [6.07, 6.45) is 0.717. The summed E-state index contributed by atoms with van der Waals surface area (Å²) >= 11 is 7.03. The zero-order chi connectivity index (χ0) is 8.97. The molecule has 3 nitrogen and oxygen atoms in total. The molecule has 0 saturated heterocycles. The van der Waals surface area contributed by atoms with Gasteiger partial charge in [0.05, 0.1) is 0 Å². The fraction of sp³-hybridized carbons (Fsp3) is 0.571. The molecule has 1 aromatic rings. The Balaban J connectivity index is 2.41. The maximum Gasteiger partial charge on any atom is 0.185 e. The van der Waals surface area contributed by atoms with E-state index in [9.17, 15) is 0 Å². The molecule has 0 unspecified atom stereocenters. The Bertz CT molecular complexity index is 241. The predicted octanol–water partition coefficient (Wildman–Crippen LogP) is 1.98. The molecule has 1 aromatic heterocycles. The highest BCUT2D eigenvalue weighted by Crippen LogP contribution is 2.19. The van der Waals surface area contributed by atoms with Crippen molar-refractivity contribution in [2.75, 3.05) is 11.9 Å². The van der Waals surface area contributed by atoms with Gasteiger partial charge in [-0.05, 0) is 13.3 Å². The van der Waals surface area contributed by atoms with E-state index < -0.39 is 0 Å². The minimum absolute atomic E-state index is 0.187. The molecular formula is C7H11ClN2OS. The van der Waals surface area contributed by atoms with Crippen molar-refractivity contribution in [2.24, 2.45) is 0 Å². The van der Waals surface area contributed by atoms with E-state index in [1.54, 1.807) is 0 Å². The SMILES string of the molecule is C[C@@H](CCO)Nc1csc(Cl)n1. The smallest absolute Gasteiger partial charge is 0.185 e. The lowest BCUT2D eigenvalue weighted by atomic mass is 10.2. The molecule has 1 rings (SSSR count). The number of anilines is 1. The van der Waals surface area contributed by atoms with Crippen molar-refractivity contribution in [3.8, 4) is 0 Å². The fourth-order valence-electron chi connectivity index (χ4n) is 0.836. The Morgan fingerprint density at radius 2 is 2.58 bits per heavy atom. The second-order valence-electron chi connectivity index (χ2n) is 2.54. The molecule has 0 aliphatic heterocycles. The van der Waals surface area contributed by atoms with Crippen molar-refractivity contribution >= 4 is 28.8 Å². The summed E-state index contributed by atoms with van der Waals surface area (Å²) in [5.74, 6) is 0.783. The summed E-state index contributed by atoms with van der Waals surface area (Å²) in [4.78, 5) is 4.02. The average molecular weight is 207 g/mol. The van der Waals surface area contributed by atoms with E-state index in [0.29, 0.717) is 4.47 Å². The van der Waals surface area contributed by atoms with Gasteiger partial charge in [-0.25, -0.2) is 4.98 Å². The van der Waals surface area contributed by atoms with Gasteiger partial charge < -0.3 is 10.4 Å². The van der Waals surface area contributed by atoms with Crippen LogP contribution < -0.4 is 5.32 Å². The second-order valence-corrected chi connectivity index (χ2v) is 3.98. The summed E-state index contributed by atoms with van der Waals surface area (Å²) in [7, 11) is 0. The summed E-state index contributed by atoms with van der Waals surface area (Å²) < 4.78 is 0.536. The molecule has 0 spiro atoms. The van der Waals surface area contributed by atoms with Crippen LogP contribution in [0.15, 0.2) is 5.38 Å². The van der Waals surface area contributed by atoms with E-state index in [-0.39, 0.29) is 12.6 Å². The Labute approximate surface area is 80.4 Å². The number of hydrogen-bond donors (Lipinski definition) is 2. The van der Waals surface area contributed by atoms with Gasteiger partial charge in [-0.15, -0.1) is 11.3 Å². The van der Waals surface area contributed by atoms with E-state index >= 15 is 0 Å². The van der Waals surface area contributed by atoms with Gasteiger partial charge in [0.15, 0.2) is 4.47 Å². The standard InChI is InChI=1S/C7H11ClN2OS/c1-5(2-3-11)9-6-4-12-7(8)10-6/h4-5,9,11H,2-3H2,1H3/t5-/m0/s1. The van der Waals surface area contributed by atoms with Crippen molar-refractivity contribution in [1.82, 2.24) is 4.98 Å². The molecule has 0 fully saturated rings. The molecule has 1 atom stereocenters. The normalized spacial score (nSPS) is 12.9. The summed E-state index contributed by atoms with van der Waals surface area (Å²) in [6, 6.07) is 0.230. The van der Waals surface area contributed by atoms with E-state index in [4.69, 9.17) is 16.7 Å². The van der Waals surface area contributed by atoms with Crippen molar-refractivity contribution in [3.63, 3.8) is 0 Å². The predicted molar refractivity (Wildman–Crippen MR) is 51.9 cm³/mol. The van der Waals surface area contributed by atoms with Crippen LogP contribution in [0.4, 0.5) is 5.82 Å². The van der Waals surface area contributed by atoms with Crippen LogP contribution in [0, 0.1) is 0 Å². The van der Waals surface area contributed by atoms with Gasteiger partial charge >= 0.3 is 0 Å². The number of hydrogen-bond acceptors (Lipinski definition) is 4. The number of nitrogens with one attached hydrogen (secondary N) is 1. The molecular weight excluding hydrogens is 196 g/mol. The number of rotatable bonds is 4. The molecule has 68 valence electrons. The molecule has 0 bridgehead atoms. The van der Waals surface area contributed by atoms with E-state index in [1.165, 1.54) is 11.3 Å². The number of aliphatic hydroxyl groups is 1. The van der Waals surface area contributed by atoms with Crippen molar-refractivity contribution in [1.29, 1.82) is 0 Å². The van der Waals surface area contributed by atoms with Crippen molar-refractivity contribution in [2.45, 2.75) is 19.4 Å². The first-order valence-electron chi connectivity index (χ1n) is 3.71. The van der Waals surface area contributed by atoms with Crippen LogP contribution >= 0.6 is 22.9 Å². The van der Waals surface area contributed by atoms with Gasteiger partial charge in [0, 0.05) is 18.0 Å². The molecule has 0 amide bonds. The highest BCUT2D eigenvalue weighted by molar-refractivity contribution is 7.14. The van der Waals surface area contributed by atoms with Crippen molar-refractivity contribution in [3.05, 3.63) is 9.85 Å². The Hall–Kier alpha value is -0.320. The maximum atomic E-state index is 8.64. The quantitative estimate of drug-likeness (QED) is 0.792. The fourth-order valence-corrected chi connectivity index (χ4v) is 1.54. The third kappa shape index (κ3) is 2.97. The summed E-state index contributed by atoms with van der Waals surface area (Å²) in [5, 5.41) is 13.6. The Morgan fingerprint density at radius 3 is 3.08 bits per heavy atom. The lowest BCUT2D eigenvalue weighted by molar-refractivity contribution is 0.282. The van der Waals surface area contributed by atoms with Gasteiger partial charge in [-0.2, -0.15) is 0 Å². The van der Waals surface area contributed by atoms with E-state index in [1.807, 2.05) is 12.3 Å². The lowest BCUT2D eigenvalue weighted by Gasteiger charge is -2.10. The first-order chi connectivity index (χ1) is 5.72. The van der Waals surface area contributed by atoms with Gasteiger partial charge in [0.25, 0.3) is 0 Å². The average Bonchev–Trinajstić information content (AvgIpc) is 2.36. The highest BCUT2D eigenvalue weighted by Gasteiger charge is 2.03. The molecule has 0 aromatic carbocycles. The largest absolute Gasteiger partial charge is 0.396 e. The van der Waals surface area contributed by atoms with Gasteiger partial charge in [0.2, 0.25) is 0 Å². The number of nitrogens with zero attached hydrogens (tertiary/aromatic N) is 1. The highest BCUT2D eigenvalue weighted by atomic mass is 35.5. The minimum atomic E-state index is 0.187. The summed E-state index contributed by atoms with van der Waals surface area (Å²) in [5.41, 5.74) is 0. The maximum absolute atomic E-state index is 8.64. The van der Waals surface area contributed by atoms with Crippen LogP contribution in [0.3, 0.4) is 0 Å². The Kier molecular flexibility index (Phi) is 3.78. The molecule has 5 heteroatoms. The van der Waals surface area contributed by atoms with Crippen molar-refractivity contribution < 1.29 is 5.11 Å². The van der Waals surface area contributed by atoms with Gasteiger partial charge in [0.1, 0.15) is 5.82 Å². The van der Waals surface area contributed by atoms with Crippen LogP contribution in [-0.4, -0.2) is 22.7 Å². The van der Waals surface area contributed by atoms with Crippen LogP contribution in [-0.2, 0) is 0 Å². The topological polar surface area (TPSA) is 45.1 Å². The van der Waals surface area contributed by atoms with E-state index in [0.717, 1.165) is 12.2 Å². The third-order valence-electron chi connectivity index (χ3n) is 1.43. The minimum Gasteiger partial charge on any atom is -0.396 e. The number of thiazole rings is 1. The van der Waals surface area contributed by atoms with Gasteiger partial charge in [-0.3, -0.25) is 0 Å². The van der Waals surface area contributed by atoms with Crippen LogP contribution in [0.1, 0.15) is 13.3 Å². The molecule has 1 heterocycles. The van der Waals surface area contributed by atoms with Crippen LogP contribution in [0.2, 0.25) is 4.47 Å². The van der Waals surface area contributed by atoms with Crippen LogP contribution in [0.5, 0.6) is 0 Å². The van der Waals surface area contributed by atoms with Gasteiger partial charge in [-0.1, -0.05) is 11.6 Å². The molecule has 0 aliphatic carbocycles. The van der Waals surface area contributed by atoms with E-state index in [2.05, 4.69) is 10.3 Å². The molecule has 2 N–H and O–H groups in total. The zero-order valence-electron chi connectivity index (χ0n) is 6.75. The first kappa shape index (κ1) is 9.77. The Morgan fingerprint density at radius 1 is 1.83 bits per heavy atom. The number of aliphatic hydroxyl groups excluding tert-OH is 1. The molecule has 0 aliphatic rings. The summed E-state index contributed by atoms with van der Waals surface area (Å²) in [6.45, 7) is 2.18. The molecule has 0 saturated carbocycles. The number of aromatic nitrogens is 1. The second kappa shape index (κ2) is 4.64. The monoisotopic (exact) mass is 206 g/mol. The molecule has 0 radical (unpaired) electrons. The van der Waals surface area contributed by atoms with Crippen LogP contribution in [0.25, 0.3) is 0 Å².